The first kappa shape index (κ1) is 20.2. The van der Waals surface area contributed by atoms with Gasteiger partial charge in [0.15, 0.2) is 0 Å². The van der Waals surface area contributed by atoms with E-state index < -0.39 is 12.9 Å². The highest BCUT2D eigenvalue weighted by Crippen LogP contribution is 2.11. The molecule has 0 unspecified atom stereocenters. The second-order valence-electron chi connectivity index (χ2n) is 5.60. The molecule has 20 heavy (non-hydrogen) atoms. The van der Waals surface area contributed by atoms with Gasteiger partial charge in [-0.15, -0.1) is 0 Å². The second-order valence-corrected chi connectivity index (χ2v) is 9.84. The molecule has 122 valence electrons. The molecule has 0 rings (SSSR count). The third-order valence-corrected chi connectivity index (χ3v) is 7.59. The molecule has 0 aromatic rings. The minimum absolute atomic E-state index is 0.0860. The Morgan fingerprint density at radius 1 is 0.500 bits per heavy atom. The van der Waals surface area contributed by atoms with Crippen LogP contribution in [0.2, 0.25) is 24.2 Å². The third kappa shape index (κ3) is 18.2. The first-order valence-corrected chi connectivity index (χ1v) is 12.2. The summed E-state index contributed by atoms with van der Waals surface area (Å²) in [5, 5.41) is 0. The summed E-state index contributed by atoms with van der Waals surface area (Å²) in [5.41, 5.74) is 0. The quantitative estimate of drug-likeness (QED) is 0.233. The molecule has 0 aromatic carbocycles. The van der Waals surface area contributed by atoms with Crippen molar-refractivity contribution >= 4 is 19.0 Å². The van der Waals surface area contributed by atoms with Crippen LogP contribution < -0.4 is 0 Å². The highest BCUT2D eigenvalue weighted by atomic mass is 28.2. The first-order valence-electron chi connectivity index (χ1n) is 8.19. The summed E-state index contributed by atoms with van der Waals surface area (Å²) in [7, 11) is -0.172. The van der Waals surface area contributed by atoms with Crippen LogP contribution in [0.5, 0.6) is 0 Å². The molecule has 0 aromatic heterocycles. The summed E-state index contributed by atoms with van der Waals surface area (Å²) in [6.07, 6.45) is 2.46. The van der Waals surface area contributed by atoms with Gasteiger partial charge in [0.2, 0.25) is 12.9 Å². The van der Waals surface area contributed by atoms with E-state index in [0.717, 1.165) is 12.1 Å². The molecule has 0 aliphatic carbocycles. The molecule has 0 saturated carbocycles. The molecular formula is C14H30F4Si2. The maximum atomic E-state index is 11.9. The van der Waals surface area contributed by atoms with Crippen LogP contribution in [0, 0.1) is 0 Å². The zero-order valence-electron chi connectivity index (χ0n) is 12.6. The summed E-state index contributed by atoms with van der Waals surface area (Å²) >= 11 is 0. The van der Waals surface area contributed by atoms with Crippen LogP contribution >= 0.6 is 0 Å². The van der Waals surface area contributed by atoms with Gasteiger partial charge in [-0.1, -0.05) is 62.7 Å². The summed E-state index contributed by atoms with van der Waals surface area (Å²) in [5.74, 6) is 0. The van der Waals surface area contributed by atoms with Crippen molar-refractivity contribution in [3.05, 3.63) is 0 Å². The Bertz CT molecular complexity index is 172. The third-order valence-electron chi connectivity index (χ3n) is 3.59. The fraction of sp³-hybridized carbons (Fsp3) is 1.00. The monoisotopic (exact) mass is 330 g/mol. The fourth-order valence-electron chi connectivity index (χ4n) is 2.37. The van der Waals surface area contributed by atoms with Gasteiger partial charge in [0, 0.05) is 31.9 Å². The van der Waals surface area contributed by atoms with E-state index in [9.17, 15) is 17.6 Å². The van der Waals surface area contributed by atoms with Crippen LogP contribution in [0.15, 0.2) is 0 Å². The van der Waals surface area contributed by atoms with Gasteiger partial charge in [0.05, 0.1) is 0 Å². The second kappa shape index (κ2) is 15.5. The summed E-state index contributed by atoms with van der Waals surface area (Å²) < 4.78 is 47.5. The van der Waals surface area contributed by atoms with Crippen LogP contribution in [0.1, 0.15) is 51.4 Å². The van der Waals surface area contributed by atoms with Crippen molar-refractivity contribution in [3.63, 3.8) is 0 Å². The van der Waals surface area contributed by atoms with Crippen molar-refractivity contribution in [3.8, 4) is 0 Å². The lowest BCUT2D eigenvalue weighted by Gasteiger charge is -2.02. The smallest absolute Gasteiger partial charge is 0.211 e. The summed E-state index contributed by atoms with van der Waals surface area (Å²) in [6, 6.07) is 4.74. The van der Waals surface area contributed by atoms with Gasteiger partial charge < -0.3 is 0 Å². The fourth-order valence-corrected chi connectivity index (χ4v) is 5.77. The van der Waals surface area contributed by atoms with E-state index >= 15 is 0 Å². The van der Waals surface area contributed by atoms with Crippen molar-refractivity contribution in [2.75, 3.05) is 0 Å². The van der Waals surface area contributed by atoms with Gasteiger partial charge in [-0.3, -0.25) is 0 Å². The molecule has 6 heteroatoms. The van der Waals surface area contributed by atoms with Crippen LogP contribution in [-0.4, -0.2) is 31.9 Å². The lowest BCUT2D eigenvalue weighted by atomic mass is 10.2. The number of hydrogen-bond acceptors (Lipinski definition) is 0. The molecule has 0 radical (unpaired) electrons. The minimum Gasteiger partial charge on any atom is -0.211 e. The van der Waals surface area contributed by atoms with Crippen LogP contribution in [0.25, 0.3) is 0 Å². The van der Waals surface area contributed by atoms with Gasteiger partial charge in [0.25, 0.3) is 0 Å². The minimum atomic E-state index is -2.12. The van der Waals surface area contributed by atoms with Gasteiger partial charge >= 0.3 is 0 Å². The van der Waals surface area contributed by atoms with Gasteiger partial charge in [-0.05, 0) is 0 Å². The zero-order chi connectivity index (χ0) is 15.1. The molecule has 0 saturated heterocycles. The van der Waals surface area contributed by atoms with Crippen LogP contribution in [-0.2, 0) is 0 Å². The van der Waals surface area contributed by atoms with Gasteiger partial charge in [-0.25, -0.2) is 17.6 Å². The largest absolute Gasteiger partial charge is 0.238 e. The van der Waals surface area contributed by atoms with E-state index in [1.54, 1.807) is 0 Å². The van der Waals surface area contributed by atoms with Crippen molar-refractivity contribution in [1.82, 2.24) is 0 Å². The lowest BCUT2D eigenvalue weighted by molar-refractivity contribution is 0.136. The van der Waals surface area contributed by atoms with E-state index in [2.05, 4.69) is 0 Å². The first-order chi connectivity index (χ1) is 9.63. The number of unbranched alkanes of at least 4 members (excludes halogenated alkanes) is 3. The summed E-state index contributed by atoms with van der Waals surface area (Å²) in [6.45, 7) is 0. The van der Waals surface area contributed by atoms with E-state index in [4.69, 9.17) is 0 Å². The van der Waals surface area contributed by atoms with Gasteiger partial charge in [0.1, 0.15) is 0 Å². The maximum absolute atomic E-state index is 11.9. The Labute approximate surface area is 125 Å². The van der Waals surface area contributed by atoms with Gasteiger partial charge in [-0.2, -0.15) is 0 Å². The highest BCUT2D eigenvalue weighted by molar-refractivity contribution is 6.35. The molecule has 0 N–H and O–H groups in total. The highest BCUT2D eigenvalue weighted by Gasteiger charge is 2.02. The molecule has 0 spiro atoms. The van der Waals surface area contributed by atoms with Crippen molar-refractivity contribution in [1.29, 1.82) is 0 Å². The lowest BCUT2D eigenvalue weighted by Crippen LogP contribution is -1.95. The SMILES string of the molecule is FC(F)CCC[SiH2]CCCCCC[SiH2]CCCC(F)F. The number of hydrogen-bond donors (Lipinski definition) is 0. The Hall–Kier alpha value is 0.154. The Morgan fingerprint density at radius 2 is 0.850 bits per heavy atom. The van der Waals surface area contributed by atoms with Crippen LogP contribution in [0.3, 0.4) is 0 Å². The topological polar surface area (TPSA) is 0 Å². The Kier molecular flexibility index (Phi) is 15.7. The molecule has 0 fully saturated rings. The molecule has 0 heterocycles. The van der Waals surface area contributed by atoms with E-state index in [1.807, 2.05) is 0 Å². The summed E-state index contributed by atoms with van der Waals surface area (Å²) in [4.78, 5) is 0. The molecular weight excluding hydrogens is 300 g/mol. The maximum Gasteiger partial charge on any atom is 0.238 e. The molecule has 0 aliphatic heterocycles. The Balaban J connectivity index is 2.96. The molecule has 0 aliphatic rings. The predicted octanol–water partition coefficient (Wildman–Crippen LogP) is 4.65. The average molecular weight is 331 g/mol. The number of alkyl halides is 4. The molecule has 0 amide bonds. The molecule has 0 atom stereocenters. The van der Waals surface area contributed by atoms with E-state index in [1.165, 1.54) is 37.8 Å². The average Bonchev–Trinajstić information content (AvgIpc) is 2.38. The standard InChI is InChI=1S/C14H30F4Si2/c15-13(16)7-5-11-19-9-3-1-2-4-10-20-12-6-8-14(17)18/h13-14H,1-12,19-20H2. The Morgan fingerprint density at radius 3 is 1.20 bits per heavy atom. The number of rotatable bonds is 15. The molecule has 0 nitrogen and oxygen atoms in total. The predicted molar refractivity (Wildman–Crippen MR) is 85.3 cm³/mol. The van der Waals surface area contributed by atoms with E-state index in [-0.39, 0.29) is 31.9 Å². The van der Waals surface area contributed by atoms with Crippen molar-refractivity contribution in [2.45, 2.75) is 88.4 Å². The van der Waals surface area contributed by atoms with Crippen LogP contribution in [0.4, 0.5) is 17.6 Å². The molecule has 0 bridgehead atoms. The van der Waals surface area contributed by atoms with Crippen molar-refractivity contribution < 1.29 is 17.6 Å². The van der Waals surface area contributed by atoms with E-state index in [0.29, 0.717) is 12.8 Å². The number of halogens is 4. The van der Waals surface area contributed by atoms with Crippen molar-refractivity contribution in [2.24, 2.45) is 0 Å². The normalized spacial score (nSPS) is 12.9. The zero-order valence-corrected chi connectivity index (χ0v) is 15.4.